The lowest BCUT2D eigenvalue weighted by Gasteiger charge is -2.30. The number of phenols is 1. The van der Waals surface area contributed by atoms with E-state index >= 15 is 0 Å². The number of aryl methyl sites for hydroxylation is 1. The van der Waals surface area contributed by atoms with Crippen LogP contribution in [0.15, 0.2) is 52.5 Å². The fourth-order valence-corrected chi connectivity index (χ4v) is 4.16. The van der Waals surface area contributed by atoms with Gasteiger partial charge in [-0.2, -0.15) is 13.5 Å². The molecule has 1 aliphatic rings. The maximum Gasteiger partial charge on any atom is 0.339 e. The minimum absolute atomic E-state index is 0.116. The predicted octanol–water partition coefficient (Wildman–Crippen LogP) is 2.46. The Balaban J connectivity index is 1.64. The summed E-state index contributed by atoms with van der Waals surface area (Å²) in [6.07, 6.45) is 3.58. The summed E-state index contributed by atoms with van der Waals surface area (Å²) >= 11 is 0. The summed E-state index contributed by atoms with van der Waals surface area (Å²) in [7, 11) is -4.06. The van der Waals surface area contributed by atoms with Gasteiger partial charge >= 0.3 is 10.1 Å². The van der Waals surface area contributed by atoms with E-state index in [4.69, 9.17) is 14.8 Å². The summed E-state index contributed by atoms with van der Waals surface area (Å²) in [5, 5.41) is 13.1. The molecule has 2 aromatic carbocycles. The summed E-state index contributed by atoms with van der Waals surface area (Å²) in [6.45, 7) is 4.12. The number of hydrazone groups is 1. The second-order valence-electron chi connectivity index (χ2n) is 7.07. The van der Waals surface area contributed by atoms with Crippen LogP contribution in [-0.4, -0.2) is 44.5 Å². The third-order valence-electron chi connectivity index (χ3n) is 4.70. The standard InChI is InChI=1S/C20H25N3O5S/c1-15-9-18(27-13-16-5-7-23(8-6-16)14-22-21)12-19(10-15)28-29(25,26)20-4-2-3-17(24)11-20/h2-4,9-12,14,16,24H,5-8,13,21H2,1H3. The van der Waals surface area contributed by atoms with Gasteiger partial charge in [-0.05, 0) is 55.5 Å². The maximum absolute atomic E-state index is 12.5. The monoisotopic (exact) mass is 419 g/mol. The molecule has 0 spiro atoms. The third kappa shape index (κ3) is 5.77. The number of benzene rings is 2. The van der Waals surface area contributed by atoms with Gasteiger partial charge in [0.05, 0.1) is 6.61 Å². The first kappa shape index (κ1) is 20.8. The quantitative estimate of drug-likeness (QED) is 0.233. The number of aromatic hydroxyl groups is 1. The number of nitrogens with zero attached hydrogens (tertiary/aromatic N) is 2. The fourth-order valence-electron chi connectivity index (χ4n) is 3.20. The zero-order valence-corrected chi connectivity index (χ0v) is 17.0. The van der Waals surface area contributed by atoms with Gasteiger partial charge in [-0.1, -0.05) is 6.07 Å². The Hall–Kier alpha value is -2.94. The molecule has 9 heteroatoms. The van der Waals surface area contributed by atoms with Crippen LogP contribution < -0.4 is 14.8 Å². The van der Waals surface area contributed by atoms with Crippen LogP contribution in [0, 0.1) is 12.8 Å². The Bertz CT molecular complexity index is 970. The molecule has 0 atom stereocenters. The van der Waals surface area contributed by atoms with E-state index in [2.05, 4.69) is 10.0 Å². The second-order valence-corrected chi connectivity index (χ2v) is 8.62. The number of hydrogen-bond acceptors (Lipinski definition) is 7. The number of nitrogens with two attached hydrogens (primary N) is 1. The summed E-state index contributed by atoms with van der Waals surface area (Å²) in [5.74, 6) is 6.15. The first-order chi connectivity index (χ1) is 13.9. The Labute approximate surface area is 170 Å². The molecule has 0 bridgehead atoms. The van der Waals surface area contributed by atoms with Gasteiger partial charge in [-0.25, -0.2) is 0 Å². The summed E-state index contributed by atoms with van der Waals surface area (Å²) < 4.78 is 36.1. The van der Waals surface area contributed by atoms with E-state index in [1.54, 1.807) is 18.5 Å². The van der Waals surface area contributed by atoms with Crippen molar-refractivity contribution in [2.45, 2.75) is 24.7 Å². The molecule has 156 valence electrons. The van der Waals surface area contributed by atoms with Gasteiger partial charge in [0.25, 0.3) is 0 Å². The first-order valence-corrected chi connectivity index (χ1v) is 10.7. The van der Waals surface area contributed by atoms with Crippen molar-refractivity contribution < 1.29 is 22.4 Å². The average molecular weight is 420 g/mol. The van der Waals surface area contributed by atoms with Gasteiger partial charge in [0.2, 0.25) is 0 Å². The van der Waals surface area contributed by atoms with Crippen LogP contribution in [0.4, 0.5) is 0 Å². The molecule has 1 aliphatic heterocycles. The lowest BCUT2D eigenvalue weighted by molar-refractivity contribution is 0.183. The number of ether oxygens (including phenoxy) is 1. The molecule has 1 saturated heterocycles. The van der Waals surface area contributed by atoms with Gasteiger partial charge < -0.3 is 24.8 Å². The zero-order valence-electron chi connectivity index (χ0n) is 16.2. The van der Waals surface area contributed by atoms with Gasteiger partial charge in [0.1, 0.15) is 28.5 Å². The number of phenolic OH excluding ortho intramolecular Hbond substituents is 1. The molecule has 0 aliphatic carbocycles. The molecule has 8 nitrogen and oxygen atoms in total. The number of hydrogen-bond donors (Lipinski definition) is 2. The highest BCUT2D eigenvalue weighted by molar-refractivity contribution is 7.87. The number of rotatable bonds is 7. The molecule has 0 saturated carbocycles. The molecule has 1 heterocycles. The van der Waals surface area contributed by atoms with Crippen LogP contribution in [0.3, 0.4) is 0 Å². The van der Waals surface area contributed by atoms with Crippen LogP contribution in [0.25, 0.3) is 0 Å². The van der Waals surface area contributed by atoms with E-state index in [0.717, 1.165) is 37.6 Å². The van der Waals surface area contributed by atoms with Crippen LogP contribution >= 0.6 is 0 Å². The summed E-state index contributed by atoms with van der Waals surface area (Å²) in [4.78, 5) is 1.95. The maximum atomic E-state index is 12.5. The molecule has 3 rings (SSSR count). The van der Waals surface area contributed by atoms with E-state index in [9.17, 15) is 13.5 Å². The van der Waals surface area contributed by atoms with E-state index in [1.165, 1.54) is 18.2 Å². The molecule has 0 unspecified atom stereocenters. The smallest absolute Gasteiger partial charge is 0.339 e. The van der Waals surface area contributed by atoms with Crippen LogP contribution in [-0.2, 0) is 10.1 Å². The molecule has 2 aromatic rings. The van der Waals surface area contributed by atoms with Crippen LogP contribution in [0.1, 0.15) is 18.4 Å². The second kappa shape index (κ2) is 9.04. The molecule has 3 N–H and O–H groups in total. The third-order valence-corrected chi connectivity index (χ3v) is 5.94. The highest BCUT2D eigenvalue weighted by Gasteiger charge is 2.20. The van der Waals surface area contributed by atoms with Crippen molar-refractivity contribution in [1.29, 1.82) is 0 Å². The topological polar surface area (TPSA) is 114 Å². The zero-order chi connectivity index (χ0) is 20.9. The van der Waals surface area contributed by atoms with Gasteiger partial charge in [-0.3, -0.25) is 0 Å². The van der Waals surface area contributed by atoms with E-state index in [1.807, 2.05) is 13.0 Å². The SMILES string of the molecule is Cc1cc(OCC2CCN(C=NN)CC2)cc(OS(=O)(=O)c2cccc(O)c2)c1. The summed E-state index contributed by atoms with van der Waals surface area (Å²) in [5.41, 5.74) is 0.817. The predicted molar refractivity (Wildman–Crippen MR) is 110 cm³/mol. The first-order valence-electron chi connectivity index (χ1n) is 9.31. The molecule has 1 fully saturated rings. The van der Waals surface area contributed by atoms with Crippen molar-refractivity contribution in [2.75, 3.05) is 19.7 Å². The Morgan fingerprint density at radius 2 is 1.93 bits per heavy atom. The number of piperidine rings is 1. The molecular formula is C20H25N3O5S. The average Bonchev–Trinajstić information content (AvgIpc) is 2.67. The van der Waals surface area contributed by atoms with Gasteiger partial charge in [-0.15, -0.1) is 0 Å². The van der Waals surface area contributed by atoms with Crippen molar-refractivity contribution in [3.63, 3.8) is 0 Å². The largest absolute Gasteiger partial charge is 0.508 e. The Morgan fingerprint density at radius 1 is 1.21 bits per heavy atom. The minimum Gasteiger partial charge on any atom is -0.508 e. The van der Waals surface area contributed by atoms with Crippen LogP contribution in [0.5, 0.6) is 17.2 Å². The fraction of sp³-hybridized carbons (Fsp3) is 0.350. The minimum atomic E-state index is -4.06. The van der Waals surface area contributed by atoms with E-state index in [-0.39, 0.29) is 16.4 Å². The molecular weight excluding hydrogens is 394 g/mol. The van der Waals surface area contributed by atoms with Crippen molar-refractivity contribution in [3.8, 4) is 17.2 Å². The van der Waals surface area contributed by atoms with Gasteiger partial charge in [0, 0.05) is 25.2 Å². The summed E-state index contributed by atoms with van der Waals surface area (Å²) in [6, 6.07) is 10.4. The molecule has 29 heavy (non-hydrogen) atoms. The Kier molecular flexibility index (Phi) is 6.48. The van der Waals surface area contributed by atoms with Gasteiger partial charge in [0.15, 0.2) is 0 Å². The van der Waals surface area contributed by atoms with Crippen molar-refractivity contribution in [3.05, 3.63) is 48.0 Å². The van der Waals surface area contributed by atoms with Crippen molar-refractivity contribution in [2.24, 2.45) is 16.9 Å². The highest BCUT2D eigenvalue weighted by Crippen LogP contribution is 2.27. The lowest BCUT2D eigenvalue weighted by Crippen LogP contribution is -2.34. The lowest BCUT2D eigenvalue weighted by atomic mass is 9.98. The van der Waals surface area contributed by atoms with E-state index < -0.39 is 10.1 Å². The molecule has 0 aromatic heterocycles. The van der Waals surface area contributed by atoms with Crippen LogP contribution in [0.2, 0.25) is 0 Å². The Morgan fingerprint density at radius 3 is 2.62 bits per heavy atom. The number of likely N-dealkylation sites (tertiary alicyclic amines) is 1. The van der Waals surface area contributed by atoms with Crippen molar-refractivity contribution in [1.82, 2.24) is 4.90 Å². The molecule has 0 radical (unpaired) electrons. The van der Waals surface area contributed by atoms with Crippen molar-refractivity contribution >= 4 is 16.5 Å². The molecule has 0 amide bonds. The van der Waals surface area contributed by atoms with E-state index in [0.29, 0.717) is 18.3 Å². The normalized spacial score (nSPS) is 15.6. The highest BCUT2D eigenvalue weighted by atomic mass is 32.2.